The van der Waals surface area contributed by atoms with Crippen molar-refractivity contribution >= 4 is 70.0 Å². The van der Waals surface area contributed by atoms with Crippen molar-refractivity contribution in [1.82, 2.24) is 52.8 Å². The van der Waals surface area contributed by atoms with Gasteiger partial charge in [-0.3, -0.25) is 48.6 Å². The Hall–Kier alpha value is -8.30. The standard InChI is InChI=1S/C54H73N13O9/c1-3-4-21-40(61-33(2)68)48(71)64-42-25-26-46(69)58-27-14-13-23-39(47(55)70)62-53(76)45(31-36-32-60-38-22-12-11-20-37(36)38)67-49(72)41(24-15-28-59-54(56)57)63-51(74)43(29-34-16-7-5-8-17-34)66-52(75)44(65-50(42)73)30-35-18-9-6-10-19-35/h5-12,16-20,22,32,39-45,60H,3-4,13-15,21,23-31H2,1-2H3,(H2,55,70)(H,58,69)(H,61,68)(H,62,76)(H,63,74)(H,64,71)(H,65,73)(H,66,75)(H,67,72)(H4,56,57,59)/t39-,40-,41-,42-,43+,44-,45-/m0/s1. The van der Waals surface area contributed by atoms with E-state index in [1.54, 1.807) is 66.9 Å². The zero-order chi connectivity index (χ0) is 55.0. The molecule has 22 nitrogen and oxygen atoms in total. The number of aromatic nitrogens is 1. The largest absolute Gasteiger partial charge is 0.370 e. The highest BCUT2D eigenvalue weighted by Crippen LogP contribution is 2.20. The summed E-state index contributed by atoms with van der Waals surface area (Å²) in [6, 6.07) is 16.0. The maximum absolute atomic E-state index is 14.8. The topological polar surface area (TPSA) is 354 Å². The number of benzene rings is 3. The number of fused-ring (bicyclic) bond motifs is 1. The molecule has 1 aliphatic heterocycles. The summed E-state index contributed by atoms with van der Waals surface area (Å²) in [6.45, 7) is 3.46. The number of unbranched alkanes of at least 4 members (excludes halogenated alkanes) is 1. The molecule has 0 bridgehead atoms. The third kappa shape index (κ3) is 19.2. The normalized spacial score (nSPS) is 21.2. The van der Waals surface area contributed by atoms with E-state index in [2.05, 4.69) is 52.8 Å². The van der Waals surface area contributed by atoms with Crippen molar-refractivity contribution in [2.75, 3.05) is 13.1 Å². The van der Waals surface area contributed by atoms with Gasteiger partial charge in [-0.15, -0.1) is 0 Å². The highest BCUT2D eigenvalue weighted by molar-refractivity contribution is 5.98. The Morgan fingerprint density at radius 1 is 0.684 bits per heavy atom. The molecular weight excluding hydrogens is 975 g/mol. The number of hydrogen-bond donors (Lipinski definition) is 13. The first-order valence-electron chi connectivity index (χ1n) is 25.9. The Balaban J connectivity index is 1.55. The molecule has 1 aromatic heterocycles. The number of hydrogen-bond acceptors (Lipinski definition) is 10. The molecule has 5 rings (SSSR count). The number of amides is 9. The minimum Gasteiger partial charge on any atom is -0.370 e. The number of nitrogens with two attached hydrogens (primary N) is 2. The number of H-pyrrole nitrogens is 1. The Labute approximate surface area is 442 Å². The van der Waals surface area contributed by atoms with Crippen molar-refractivity contribution in [3.63, 3.8) is 0 Å². The van der Waals surface area contributed by atoms with Crippen LogP contribution in [0.25, 0.3) is 10.9 Å². The van der Waals surface area contributed by atoms with Crippen LogP contribution in [-0.4, -0.2) is 119 Å². The van der Waals surface area contributed by atoms with Gasteiger partial charge in [0.2, 0.25) is 53.2 Å². The fourth-order valence-electron chi connectivity index (χ4n) is 8.82. The molecule has 1 aliphatic rings. The van der Waals surface area contributed by atoms with Gasteiger partial charge >= 0.3 is 0 Å². The van der Waals surface area contributed by atoms with Crippen LogP contribution in [0.4, 0.5) is 0 Å². The lowest BCUT2D eigenvalue weighted by molar-refractivity contribution is -0.136. The van der Waals surface area contributed by atoms with Crippen molar-refractivity contribution in [2.45, 2.75) is 140 Å². The Morgan fingerprint density at radius 3 is 1.86 bits per heavy atom. The maximum atomic E-state index is 14.8. The molecule has 9 amide bonds. The molecule has 15 N–H and O–H groups in total. The fraction of sp³-hybridized carbons (Fsp3) is 0.444. The van der Waals surface area contributed by atoms with Crippen LogP contribution in [0.3, 0.4) is 0 Å². The van der Waals surface area contributed by atoms with Gasteiger partial charge in [0.25, 0.3) is 0 Å². The van der Waals surface area contributed by atoms with E-state index in [0.29, 0.717) is 42.4 Å². The van der Waals surface area contributed by atoms with Crippen molar-refractivity contribution in [1.29, 1.82) is 5.41 Å². The molecule has 2 heterocycles. The van der Waals surface area contributed by atoms with Gasteiger partial charge in [0.1, 0.15) is 42.3 Å². The van der Waals surface area contributed by atoms with E-state index < -0.39 is 95.5 Å². The minimum absolute atomic E-state index is 0.0350. The van der Waals surface area contributed by atoms with Crippen LogP contribution in [0.2, 0.25) is 0 Å². The lowest BCUT2D eigenvalue weighted by Crippen LogP contribution is -2.61. The first-order valence-corrected chi connectivity index (χ1v) is 25.9. The van der Waals surface area contributed by atoms with Gasteiger partial charge in [0.15, 0.2) is 5.96 Å². The Kier molecular flexibility index (Phi) is 23.3. The first kappa shape index (κ1) is 58.6. The average Bonchev–Trinajstić information content (AvgIpc) is 3.80. The summed E-state index contributed by atoms with van der Waals surface area (Å²) < 4.78 is 0. The van der Waals surface area contributed by atoms with Crippen LogP contribution in [0.5, 0.6) is 0 Å². The maximum Gasteiger partial charge on any atom is 0.243 e. The molecule has 76 heavy (non-hydrogen) atoms. The quantitative estimate of drug-likeness (QED) is 0.0395. The first-order chi connectivity index (χ1) is 36.5. The van der Waals surface area contributed by atoms with E-state index in [1.165, 1.54) is 6.92 Å². The molecule has 4 aromatic rings. The van der Waals surface area contributed by atoms with E-state index in [4.69, 9.17) is 16.9 Å². The van der Waals surface area contributed by atoms with Crippen LogP contribution < -0.4 is 59.3 Å². The van der Waals surface area contributed by atoms with Gasteiger partial charge < -0.3 is 64.3 Å². The van der Waals surface area contributed by atoms with Gasteiger partial charge in [0, 0.05) is 62.8 Å². The second-order valence-corrected chi connectivity index (χ2v) is 19.0. The zero-order valence-electron chi connectivity index (χ0n) is 43.1. The highest BCUT2D eigenvalue weighted by Gasteiger charge is 2.35. The van der Waals surface area contributed by atoms with E-state index in [0.717, 1.165) is 10.9 Å². The SMILES string of the molecule is CCCC[C@H](NC(C)=O)C(=O)N[C@H]1CCC(=O)NCCCC[C@@H](C(N)=O)NC(=O)[C@H](Cc2c[nH]c3ccccc23)NC(=O)[C@H](CCCNC(=N)N)NC(=O)[C@@H](Cc2ccccc2)NC(=O)[C@H](Cc2ccccc2)NC1=O. The molecule has 0 aliphatic carbocycles. The van der Waals surface area contributed by atoms with E-state index in [-0.39, 0.29) is 76.8 Å². The molecule has 0 unspecified atom stereocenters. The molecule has 0 radical (unpaired) electrons. The molecular formula is C54H73N13O9. The molecule has 3 aromatic carbocycles. The number of aromatic amines is 1. The molecule has 0 spiro atoms. The second kappa shape index (κ2) is 30.2. The molecule has 1 fully saturated rings. The van der Waals surface area contributed by atoms with Crippen molar-refractivity contribution < 1.29 is 43.2 Å². The minimum atomic E-state index is -1.38. The van der Waals surface area contributed by atoms with Crippen LogP contribution in [0, 0.1) is 5.41 Å². The molecule has 0 saturated carbocycles. The third-order valence-electron chi connectivity index (χ3n) is 12.9. The summed E-state index contributed by atoms with van der Waals surface area (Å²) in [7, 11) is 0. The van der Waals surface area contributed by atoms with Crippen LogP contribution in [-0.2, 0) is 62.4 Å². The van der Waals surface area contributed by atoms with Crippen molar-refractivity contribution in [3.05, 3.63) is 108 Å². The number of rotatable bonds is 17. The lowest BCUT2D eigenvalue weighted by Gasteiger charge is -2.28. The fourth-order valence-corrected chi connectivity index (χ4v) is 8.82. The number of para-hydroxylation sites is 1. The lowest BCUT2D eigenvalue weighted by atomic mass is 10.0. The summed E-state index contributed by atoms with van der Waals surface area (Å²) in [5.41, 5.74) is 14.1. The van der Waals surface area contributed by atoms with E-state index in [9.17, 15) is 43.2 Å². The van der Waals surface area contributed by atoms with Crippen LogP contribution in [0.1, 0.15) is 94.7 Å². The smallest absolute Gasteiger partial charge is 0.243 e. The van der Waals surface area contributed by atoms with Gasteiger partial charge in [-0.05, 0) is 67.7 Å². The number of carbonyl (C=O) groups is 9. The average molecular weight is 1050 g/mol. The Morgan fingerprint density at radius 2 is 1.25 bits per heavy atom. The molecule has 408 valence electrons. The summed E-state index contributed by atoms with van der Waals surface area (Å²) in [6.07, 6.45) is 3.50. The summed E-state index contributed by atoms with van der Waals surface area (Å²) >= 11 is 0. The summed E-state index contributed by atoms with van der Waals surface area (Å²) in [4.78, 5) is 128. The summed E-state index contributed by atoms with van der Waals surface area (Å²) in [5.74, 6) is -6.67. The predicted octanol–water partition coefficient (Wildman–Crippen LogP) is 0.628. The summed E-state index contributed by atoms with van der Waals surface area (Å²) in [5, 5.41) is 33.2. The van der Waals surface area contributed by atoms with E-state index in [1.807, 2.05) is 31.2 Å². The molecule has 22 heteroatoms. The van der Waals surface area contributed by atoms with Crippen molar-refractivity contribution in [3.8, 4) is 0 Å². The molecule has 1 saturated heterocycles. The van der Waals surface area contributed by atoms with Gasteiger partial charge in [-0.2, -0.15) is 0 Å². The van der Waals surface area contributed by atoms with Gasteiger partial charge in [-0.1, -0.05) is 98.6 Å². The highest BCUT2D eigenvalue weighted by atomic mass is 16.2. The number of carbonyl (C=O) groups excluding carboxylic acids is 9. The van der Waals surface area contributed by atoms with Gasteiger partial charge in [0.05, 0.1) is 0 Å². The van der Waals surface area contributed by atoms with Crippen LogP contribution in [0.15, 0.2) is 91.1 Å². The zero-order valence-corrected chi connectivity index (χ0v) is 43.1. The monoisotopic (exact) mass is 1050 g/mol. The number of primary amides is 1. The Bertz CT molecular complexity index is 2630. The third-order valence-corrected chi connectivity index (χ3v) is 12.9. The number of guanidine groups is 1. The molecule has 7 atom stereocenters. The second-order valence-electron chi connectivity index (χ2n) is 19.0. The van der Waals surface area contributed by atoms with Crippen molar-refractivity contribution in [2.24, 2.45) is 11.5 Å². The van der Waals surface area contributed by atoms with Gasteiger partial charge in [-0.25, -0.2) is 0 Å². The van der Waals surface area contributed by atoms with Crippen LogP contribution >= 0.6 is 0 Å². The predicted molar refractivity (Wildman–Crippen MR) is 285 cm³/mol. The van der Waals surface area contributed by atoms with E-state index >= 15 is 0 Å². The number of nitrogens with one attached hydrogen (secondary N) is 11.